The van der Waals surface area contributed by atoms with Crippen molar-refractivity contribution < 1.29 is 9.59 Å². The molecule has 1 saturated carbocycles. The van der Waals surface area contributed by atoms with Gasteiger partial charge in [0, 0.05) is 56.6 Å². The van der Waals surface area contributed by atoms with Gasteiger partial charge in [0.25, 0.3) is 0 Å². The highest BCUT2D eigenvalue weighted by Crippen LogP contribution is 2.28. The fourth-order valence-electron chi connectivity index (χ4n) is 4.03. The summed E-state index contributed by atoms with van der Waals surface area (Å²) in [5, 5.41) is 1.82. The molecule has 1 saturated heterocycles. The van der Waals surface area contributed by atoms with Crippen LogP contribution in [0.25, 0.3) is 0 Å². The quantitative estimate of drug-likeness (QED) is 0.762. The minimum atomic E-state index is -0.00650. The first-order valence-electron chi connectivity index (χ1n) is 9.75. The van der Waals surface area contributed by atoms with Gasteiger partial charge in [-0.3, -0.25) is 14.4 Å². The number of amides is 2. The van der Waals surface area contributed by atoms with Crippen molar-refractivity contribution in [2.24, 2.45) is 5.92 Å². The molecule has 0 radical (unpaired) electrons. The maximum atomic E-state index is 12.4. The van der Waals surface area contributed by atoms with Gasteiger partial charge < -0.3 is 14.4 Å². The van der Waals surface area contributed by atoms with Gasteiger partial charge in [-0.05, 0) is 19.3 Å². The van der Waals surface area contributed by atoms with Crippen LogP contribution >= 0.6 is 11.3 Å². The van der Waals surface area contributed by atoms with Crippen molar-refractivity contribution >= 4 is 23.2 Å². The number of aromatic nitrogens is 1. The Morgan fingerprint density at radius 1 is 1.04 bits per heavy atom. The van der Waals surface area contributed by atoms with E-state index >= 15 is 0 Å². The molecule has 1 aromatic rings. The Balaban J connectivity index is 1.39. The fraction of sp³-hybridized carbons (Fsp3) is 0.737. The molecule has 0 N–H and O–H groups in total. The minimum absolute atomic E-state index is 0.00650. The second kappa shape index (κ2) is 8.84. The fourth-order valence-corrected chi connectivity index (χ4v) is 4.79. The number of nitrogens with zero attached hydrogens (tertiary/aromatic N) is 3. The van der Waals surface area contributed by atoms with Crippen LogP contribution in [-0.4, -0.2) is 52.4 Å². The number of thiazole rings is 1. The van der Waals surface area contributed by atoms with Crippen molar-refractivity contribution in [2.75, 3.05) is 26.2 Å². The Bertz CT molecular complexity index is 682. The van der Waals surface area contributed by atoms with Gasteiger partial charge in [-0.1, -0.05) is 37.0 Å². The van der Waals surface area contributed by atoms with Crippen molar-refractivity contribution in [3.8, 4) is 0 Å². The van der Waals surface area contributed by atoms with Crippen molar-refractivity contribution in [1.29, 1.82) is 0 Å². The highest BCUT2D eigenvalue weighted by molar-refractivity contribution is 7.07. The van der Waals surface area contributed by atoms with Crippen molar-refractivity contribution in [1.82, 2.24) is 14.4 Å². The third-order valence-corrected chi connectivity index (χ3v) is 6.63. The number of hydrogen-bond donors (Lipinski definition) is 0. The highest BCUT2D eigenvalue weighted by Gasteiger charge is 2.25. The van der Waals surface area contributed by atoms with Crippen LogP contribution in [0.2, 0.25) is 0 Å². The summed E-state index contributed by atoms with van der Waals surface area (Å²) in [5.74, 6) is 1.05. The molecule has 0 aromatic carbocycles. The van der Waals surface area contributed by atoms with E-state index in [9.17, 15) is 14.4 Å². The molecule has 3 rings (SSSR count). The number of aryl methyl sites for hydroxylation is 1. The van der Waals surface area contributed by atoms with E-state index in [0.29, 0.717) is 45.6 Å². The third-order valence-electron chi connectivity index (χ3n) is 5.75. The molecule has 1 aliphatic heterocycles. The predicted octanol–water partition coefficient (Wildman–Crippen LogP) is 2.25. The van der Waals surface area contributed by atoms with Crippen LogP contribution in [0, 0.1) is 12.8 Å². The van der Waals surface area contributed by atoms with Crippen LogP contribution in [0.1, 0.15) is 50.6 Å². The molecule has 0 bridgehead atoms. The van der Waals surface area contributed by atoms with Gasteiger partial charge in [-0.25, -0.2) is 0 Å². The average molecular weight is 380 g/mol. The summed E-state index contributed by atoms with van der Waals surface area (Å²) in [5.41, 5.74) is 0.908. The lowest BCUT2D eigenvalue weighted by Crippen LogP contribution is -2.50. The van der Waals surface area contributed by atoms with Gasteiger partial charge in [0.1, 0.15) is 0 Å². The van der Waals surface area contributed by atoms with Crippen LogP contribution in [-0.2, 0) is 16.1 Å². The predicted molar refractivity (Wildman–Crippen MR) is 102 cm³/mol. The SMILES string of the molecule is Cc1csc(=O)n1CCC(=O)N1CCN(C(=O)CCC2CCCC2)CC1. The Morgan fingerprint density at radius 3 is 2.15 bits per heavy atom. The second-order valence-corrected chi connectivity index (χ2v) is 8.32. The van der Waals surface area contributed by atoms with E-state index < -0.39 is 0 Å². The molecule has 2 heterocycles. The van der Waals surface area contributed by atoms with Gasteiger partial charge >= 0.3 is 4.87 Å². The molecule has 1 aliphatic carbocycles. The van der Waals surface area contributed by atoms with Crippen molar-refractivity contribution in [3.63, 3.8) is 0 Å². The molecular formula is C19H29N3O3S. The van der Waals surface area contributed by atoms with Gasteiger partial charge in [0.05, 0.1) is 0 Å². The standard InChI is InChI=1S/C19H29N3O3S/c1-15-14-26-19(25)22(15)9-8-18(24)21-12-10-20(11-13-21)17(23)7-6-16-4-2-3-5-16/h14,16H,2-13H2,1H3. The largest absolute Gasteiger partial charge is 0.339 e. The van der Waals surface area contributed by atoms with E-state index in [4.69, 9.17) is 0 Å². The molecule has 26 heavy (non-hydrogen) atoms. The van der Waals surface area contributed by atoms with E-state index in [-0.39, 0.29) is 16.7 Å². The van der Waals surface area contributed by atoms with Crippen LogP contribution in [0.3, 0.4) is 0 Å². The molecule has 2 aliphatic rings. The third kappa shape index (κ3) is 4.75. The van der Waals surface area contributed by atoms with E-state index in [0.717, 1.165) is 18.0 Å². The second-order valence-electron chi connectivity index (χ2n) is 7.50. The Labute approximate surface area is 158 Å². The lowest BCUT2D eigenvalue weighted by molar-refractivity contribution is -0.139. The van der Waals surface area contributed by atoms with Crippen LogP contribution in [0.15, 0.2) is 10.2 Å². The van der Waals surface area contributed by atoms with Crippen LogP contribution in [0.4, 0.5) is 0 Å². The first kappa shape index (κ1) is 19.1. The zero-order valence-electron chi connectivity index (χ0n) is 15.6. The van der Waals surface area contributed by atoms with Crippen molar-refractivity contribution in [3.05, 3.63) is 20.7 Å². The molecule has 0 atom stereocenters. The molecule has 1 aromatic heterocycles. The maximum Gasteiger partial charge on any atom is 0.307 e. The molecular weight excluding hydrogens is 350 g/mol. The lowest BCUT2D eigenvalue weighted by Gasteiger charge is -2.35. The zero-order valence-corrected chi connectivity index (χ0v) is 16.4. The molecule has 0 unspecified atom stereocenters. The Morgan fingerprint density at radius 2 is 1.62 bits per heavy atom. The summed E-state index contributed by atoms with van der Waals surface area (Å²) in [6.45, 7) is 4.79. The smallest absolute Gasteiger partial charge is 0.307 e. The Kier molecular flexibility index (Phi) is 6.51. The van der Waals surface area contributed by atoms with Gasteiger partial charge in [-0.15, -0.1) is 0 Å². The molecule has 0 spiro atoms. The number of carbonyl (C=O) groups is 2. The van der Waals surface area contributed by atoms with Gasteiger partial charge in [0.15, 0.2) is 0 Å². The van der Waals surface area contributed by atoms with Gasteiger partial charge in [-0.2, -0.15) is 0 Å². The summed E-state index contributed by atoms with van der Waals surface area (Å²) in [6, 6.07) is 0. The zero-order chi connectivity index (χ0) is 18.5. The van der Waals surface area contributed by atoms with E-state index in [1.807, 2.05) is 22.1 Å². The summed E-state index contributed by atoms with van der Waals surface area (Å²) in [4.78, 5) is 40.2. The molecule has 7 heteroatoms. The molecule has 6 nitrogen and oxygen atoms in total. The molecule has 144 valence electrons. The van der Waals surface area contributed by atoms with Crippen molar-refractivity contribution in [2.45, 2.75) is 58.4 Å². The summed E-state index contributed by atoms with van der Waals surface area (Å²) in [6.07, 6.45) is 7.20. The number of carbonyl (C=O) groups excluding carboxylic acids is 2. The number of rotatable bonds is 6. The highest BCUT2D eigenvalue weighted by atomic mass is 32.1. The van der Waals surface area contributed by atoms with Crippen LogP contribution < -0.4 is 4.87 Å². The Hall–Kier alpha value is -1.63. The van der Waals surface area contributed by atoms with E-state index in [1.54, 1.807) is 4.57 Å². The summed E-state index contributed by atoms with van der Waals surface area (Å²) >= 11 is 1.17. The average Bonchev–Trinajstić information content (AvgIpc) is 3.28. The molecule has 2 fully saturated rings. The number of piperazine rings is 1. The number of hydrogen-bond acceptors (Lipinski definition) is 4. The molecule has 2 amide bonds. The maximum absolute atomic E-state index is 12.4. The normalized spacial score (nSPS) is 18.5. The first-order valence-corrected chi connectivity index (χ1v) is 10.6. The monoisotopic (exact) mass is 379 g/mol. The van der Waals surface area contributed by atoms with E-state index in [2.05, 4.69) is 0 Å². The van der Waals surface area contributed by atoms with E-state index in [1.165, 1.54) is 37.0 Å². The summed E-state index contributed by atoms with van der Waals surface area (Å²) in [7, 11) is 0. The van der Waals surface area contributed by atoms with Crippen LogP contribution in [0.5, 0.6) is 0 Å². The first-order chi connectivity index (χ1) is 12.5. The lowest BCUT2D eigenvalue weighted by atomic mass is 10.0. The topological polar surface area (TPSA) is 62.6 Å². The van der Waals surface area contributed by atoms with Gasteiger partial charge in [0.2, 0.25) is 11.8 Å². The minimum Gasteiger partial charge on any atom is -0.339 e. The summed E-state index contributed by atoms with van der Waals surface area (Å²) < 4.78 is 1.66.